The molecule has 0 aliphatic heterocycles. The first kappa shape index (κ1) is 17.7. The fraction of sp³-hybridized carbons (Fsp3) is 0.417. The van der Waals surface area contributed by atoms with E-state index in [-0.39, 0.29) is 19.5 Å². The molecule has 1 radical (unpaired) electrons. The van der Waals surface area contributed by atoms with Crippen LogP contribution in [-0.4, -0.2) is 0 Å². The molecule has 0 aromatic carbocycles. The molecule has 0 aromatic heterocycles. The van der Waals surface area contributed by atoms with Crippen LogP contribution in [0.1, 0.15) is 32.6 Å². The van der Waals surface area contributed by atoms with Gasteiger partial charge in [0.15, 0.2) is 0 Å². The van der Waals surface area contributed by atoms with E-state index in [0.29, 0.717) is 4.84 Å². The van der Waals surface area contributed by atoms with E-state index in [4.69, 9.17) is 23.2 Å². The van der Waals surface area contributed by atoms with Crippen LogP contribution in [0, 0.1) is 4.84 Å². The zero-order valence-corrected chi connectivity index (χ0v) is 12.2. The Kier molecular flexibility index (Phi) is 16.8. The topological polar surface area (TPSA) is 0 Å². The van der Waals surface area contributed by atoms with Crippen LogP contribution in [0.5, 0.6) is 0 Å². The summed E-state index contributed by atoms with van der Waals surface area (Å²) in [5.41, 5.74) is 0. The van der Waals surface area contributed by atoms with Gasteiger partial charge in [-0.1, -0.05) is 30.7 Å². The van der Waals surface area contributed by atoms with Gasteiger partial charge in [0.2, 0.25) is 0 Å². The first-order valence-electron chi connectivity index (χ1n) is 4.88. The fourth-order valence-corrected chi connectivity index (χ4v) is 1.14. The maximum atomic E-state index is 5.44. The standard InChI is InChI=1S/C12H17Cl2.Ru/c1-2-3-4-5-6-7-8-9-10-11-12(13)14;/h2-3,6-7,10-11H,4-5,8-9H2,1H3;/q-1;+1/b3-2+,7-6+,11-10+;. The molecule has 0 amide bonds. The molecule has 0 aromatic rings. The largest absolute Gasteiger partial charge is 1.00 e. The van der Waals surface area contributed by atoms with Gasteiger partial charge in [-0.15, -0.1) is 0 Å². The maximum Gasteiger partial charge on any atom is 1.00 e. The summed E-state index contributed by atoms with van der Waals surface area (Å²) in [6.07, 6.45) is 16.6. The number of hydrogen-bond donors (Lipinski definition) is 0. The van der Waals surface area contributed by atoms with Gasteiger partial charge in [-0.05, 0) is 31.0 Å². The molecule has 0 bridgehead atoms. The summed E-state index contributed by atoms with van der Waals surface area (Å²) in [7, 11) is 0. The Morgan fingerprint density at radius 2 is 1.33 bits per heavy atom. The monoisotopic (exact) mass is 333 g/mol. The second kappa shape index (κ2) is 14.3. The minimum absolute atomic E-state index is 0. The first-order chi connectivity index (χ1) is 6.77. The molecule has 0 saturated heterocycles. The Labute approximate surface area is 116 Å². The third kappa shape index (κ3) is 16.9. The van der Waals surface area contributed by atoms with Gasteiger partial charge in [-0.25, -0.2) is 6.08 Å². The van der Waals surface area contributed by atoms with Gasteiger partial charge in [-0.2, -0.15) is 29.3 Å². The molecule has 0 unspecified atom stereocenters. The van der Waals surface area contributed by atoms with Gasteiger partial charge in [-0.3, -0.25) is 0 Å². The second-order valence-corrected chi connectivity index (χ2v) is 3.90. The van der Waals surface area contributed by atoms with E-state index < -0.39 is 0 Å². The quantitative estimate of drug-likeness (QED) is 0.260. The molecule has 15 heavy (non-hydrogen) atoms. The molecule has 87 valence electrons. The smallest absolute Gasteiger partial charge is 0.228 e. The molecule has 0 aliphatic rings. The zero-order chi connectivity index (χ0) is 10.6. The van der Waals surface area contributed by atoms with Gasteiger partial charge < -0.3 is 0 Å². The van der Waals surface area contributed by atoms with Crippen molar-refractivity contribution in [1.82, 2.24) is 0 Å². The summed E-state index contributed by atoms with van der Waals surface area (Å²) in [6, 6.07) is 0. The van der Waals surface area contributed by atoms with Crippen molar-refractivity contribution >= 4 is 23.2 Å². The van der Waals surface area contributed by atoms with Crippen LogP contribution in [0.15, 0.2) is 36.5 Å². The average Bonchev–Trinajstić information content (AvgIpc) is 2.15. The summed E-state index contributed by atoms with van der Waals surface area (Å²) in [5.74, 6) is 0. The van der Waals surface area contributed by atoms with Crippen LogP contribution in [0.25, 0.3) is 0 Å². The molecule has 0 rings (SSSR count). The van der Waals surface area contributed by atoms with Gasteiger partial charge in [0.05, 0.1) is 0 Å². The average molecular weight is 333 g/mol. The Morgan fingerprint density at radius 1 is 0.867 bits per heavy atom. The van der Waals surface area contributed by atoms with Crippen molar-refractivity contribution in [2.24, 2.45) is 0 Å². The third-order valence-corrected chi connectivity index (χ3v) is 1.90. The maximum absolute atomic E-state index is 5.44. The predicted molar refractivity (Wildman–Crippen MR) is 66.5 cm³/mol. The molecule has 0 fully saturated rings. The molecule has 0 atom stereocenters. The summed E-state index contributed by atoms with van der Waals surface area (Å²) >= 11 is 10.9. The van der Waals surface area contributed by atoms with Crippen LogP contribution in [0.3, 0.4) is 0 Å². The van der Waals surface area contributed by atoms with Crippen LogP contribution in [0.2, 0.25) is 0 Å². The van der Waals surface area contributed by atoms with E-state index >= 15 is 0 Å². The molecule has 0 heterocycles. The molecular weight excluding hydrogens is 316 g/mol. The summed E-state index contributed by atoms with van der Waals surface area (Å²) in [4.78, 5) is 0.321. The van der Waals surface area contributed by atoms with Crippen LogP contribution in [0.4, 0.5) is 0 Å². The van der Waals surface area contributed by atoms with Crippen molar-refractivity contribution in [3.63, 3.8) is 0 Å². The van der Waals surface area contributed by atoms with Gasteiger partial charge >= 0.3 is 19.5 Å². The summed E-state index contributed by atoms with van der Waals surface area (Å²) in [5, 5.41) is 0. The number of unbranched alkanes of at least 4 members (excludes halogenated alkanes) is 2. The Hall–Kier alpha value is 0.293. The van der Waals surface area contributed by atoms with Crippen molar-refractivity contribution in [3.8, 4) is 0 Å². The Bertz CT molecular complexity index is 196. The molecule has 0 aliphatic carbocycles. The molecular formula is C12H17Cl2Ru. The van der Waals surface area contributed by atoms with E-state index in [2.05, 4.69) is 24.3 Å². The molecule has 0 spiro atoms. The zero-order valence-electron chi connectivity index (χ0n) is 8.90. The summed E-state index contributed by atoms with van der Waals surface area (Å²) in [6.45, 7) is 2.04. The van der Waals surface area contributed by atoms with E-state index in [9.17, 15) is 0 Å². The normalized spacial score (nSPS) is 11.4. The first-order valence-corrected chi connectivity index (χ1v) is 5.63. The minimum atomic E-state index is 0. The minimum Gasteiger partial charge on any atom is -0.228 e. The van der Waals surface area contributed by atoms with Crippen LogP contribution >= 0.6 is 23.2 Å². The second-order valence-electron chi connectivity index (χ2n) is 2.89. The number of rotatable bonds is 7. The number of hydrogen-bond acceptors (Lipinski definition) is 0. The predicted octanol–water partition coefficient (Wildman–Crippen LogP) is 5.20. The van der Waals surface area contributed by atoms with Crippen LogP contribution in [-0.2, 0) is 19.5 Å². The molecule has 0 saturated carbocycles. The van der Waals surface area contributed by atoms with Crippen molar-refractivity contribution < 1.29 is 19.5 Å². The number of halogens is 2. The van der Waals surface area contributed by atoms with Gasteiger partial charge in [0.1, 0.15) is 0 Å². The van der Waals surface area contributed by atoms with Crippen molar-refractivity contribution in [1.29, 1.82) is 0 Å². The van der Waals surface area contributed by atoms with Crippen LogP contribution < -0.4 is 0 Å². The Balaban J connectivity index is 0. The molecule has 0 N–H and O–H groups in total. The molecule has 0 nitrogen and oxygen atoms in total. The van der Waals surface area contributed by atoms with E-state index in [1.165, 1.54) is 0 Å². The van der Waals surface area contributed by atoms with Gasteiger partial charge in [0.25, 0.3) is 0 Å². The third-order valence-electron chi connectivity index (χ3n) is 1.65. The summed E-state index contributed by atoms with van der Waals surface area (Å²) < 4.78 is 0. The fourth-order valence-electron chi connectivity index (χ4n) is 0.960. The van der Waals surface area contributed by atoms with E-state index in [1.807, 2.05) is 13.0 Å². The van der Waals surface area contributed by atoms with Crippen molar-refractivity contribution in [2.45, 2.75) is 32.6 Å². The van der Waals surface area contributed by atoms with Crippen molar-refractivity contribution in [2.75, 3.05) is 0 Å². The molecule has 3 heteroatoms. The van der Waals surface area contributed by atoms with E-state index in [0.717, 1.165) is 25.7 Å². The van der Waals surface area contributed by atoms with Gasteiger partial charge in [0, 0.05) is 0 Å². The van der Waals surface area contributed by atoms with E-state index in [1.54, 1.807) is 6.08 Å². The number of allylic oxidation sites excluding steroid dienone is 6. The SMILES string of the molecule is C/C=C/CC/C=C/CC/C=C/[C-](Cl)Cl.[Ru+]. The Morgan fingerprint density at radius 3 is 1.80 bits per heavy atom. The van der Waals surface area contributed by atoms with Crippen molar-refractivity contribution in [3.05, 3.63) is 41.3 Å².